The fourth-order valence-corrected chi connectivity index (χ4v) is 3.47. The van der Waals surface area contributed by atoms with Gasteiger partial charge in [0.2, 0.25) is 21.8 Å². The number of carbonyl (C=O) groups excluding carboxylic acids is 2. The molecule has 0 aliphatic heterocycles. The highest BCUT2D eigenvalue weighted by molar-refractivity contribution is 7.89. The molecule has 0 aliphatic rings. The van der Waals surface area contributed by atoms with Gasteiger partial charge in [-0.25, -0.2) is 13.1 Å². The maximum Gasteiger partial charge on any atom is 0.247 e. The lowest BCUT2D eigenvalue weighted by Gasteiger charge is -2.22. The van der Waals surface area contributed by atoms with Crippen molar-refractivity contribution in [1.29, 1.82) is 0 Å². The number of hydrogen-bond donors (Lipinski definition) is 4. The van der Waals surface area contributed by atoms with Gasteiger partial charge in [-0.15, -0.1) is 12.4 Å². The van der Waals surface area contributed by atoms with Crippen LogP contribution >= 0.6 is 12.4 Å². The summed E-state index contributed by atoms with van der Waals surface area (Å²) in [6.45, 7) is 7.82. The number of nitrogens with one attached hydrogen (secondary N) is 3. The number of rotatable bonds is 10. The Morgan fingerprint density at radius 3 is 2.32 bits per heavy atom. The lowest BCUT2D eigenvalue weighted by atomic mass is 10.0. The molecule has 0 saturated carbocycles. The highest BCUT2D eigenvalue weighted by Gasteiger charge is 2.25. The van der Waals surface area contributed by atoms with Crippen LogP contribution in [0.2, 0.25) is 0 Å². The van der Waals surface area contributed by atoms with E-state index in [9.17, 15) is 18.0 Å². The first-order valence-electron chi connectivity index (χ1n) is 8.96. The van der Waals surface area contributed by atoms with Crippen LogP contribution in [0.15, 0.2) is 29.2 Å². The predicted molar refractivity (Wildman–Crippen MR) is 113 cm³/mol. The zero-order valence-corrected chi connectivity index (χ0v) is 18.3. The molecule has 1 rings (SSSR count). The van der Waals surface area contributed by atoms with Crippen molar-refractivity contribution in [1.82, 2.24) is 10.0 Å². The van der Waals surface area contributed by atoms with Gasteiger partial charge in [0.15, 0.2) is 0 Å². The molecule has 28 heavy (non-hydrogen) atoms. The Labute approximate surface area is 173 Å². The minimum atomic E-state index is -3.70. The van der Waals surface area contributed by atoms with Crippen molar-refractivity contribution in [3.63, 3.8) is 0 Å². The van der Waals surface area contributed by atoms with Gasteiger partial charge >= 0.3 is 0 Å². The van der Waals surface area contributed by atoms with E-state index in [0.29, 0.717) is 12.1 Å². The minimum Gasteiger partial charge on any atom is -0.344 e. The smallest absolute Gasteiger partial charge is 0.247 e. The van der Waals surface area contributed by atoms with E-state index in [1.54, 1.807) is 6.07 Å². The molecular weight excluding hydrogens is 404 g/mol. The van der Waals surface area contributed by atoms with Gasteiger partial charge in [0.1, 0.15) is 6.04 Å². The average Bonchev–Trinajstić information content (AvgIpc) is 2.57. The van der Waals surface area contributed by atoms with Crippen LogP contribution in [0.3, 0.4) is 0 Å². The molecule has 1 aromatic carbocycles. The van der Waals surface area contributed by atoms with Gasteiger partial charge < -0.3 is 16.4 Å². The quantitative estimate of drug-likeness (QED) is 0.443. The van der Waals surface area contributed by atoms with Gasteiger partial charge in [-0.05, 0) is 30.0 Å². The fraction of sp³-hybridized carbons (Fsp3) is 0.556. The van der Waals surface area contributed by atoms with Crippen LogP contribution in [0, 0.1) is 11.8 Å². The molecule has 0 fully saturated rings. The molecule has 0 spiro atoms. The SMILES string of the molecule is CC(C)CC(=O)NC(C(=O)Nc1cccc(S(=O)(=O)NCCN)c1)C(C)C.Cl. The second-order valence-corrected chi connectivity index (χ2v) is 8.86. The monoisotopic (exact) mass is 434 g/mol. The Morgan fingerprint density at radius 2 is 1.79 bits per heavy atom. The van der Waals surface area contributed by atoms with Crippen molar-refractivity contribution in [2.45, 2.75) is 45.1 Å². The third kappa shape index (κ3) is 8.55. The van der Waals surface area contributed by atoms with Crippen LogP contribution in [-0.4, -0.2) is 39.4 Å². The summed E-state index contributed by atoms with van der Waals surface area (Å²) in [6.07, 6.45) is 0.330. The largest absolute Gasteiger partial charge is 0.344 e. The van der Waals surface area contributed by atoms with Crippen LogP contribution in [0.25, 0.3) is 0 Å². The van der Waals surface area contributed by atoms with Crippen molar-refractivity contribution < 1.29 is 18.0 Å². The molecule has 8 nitrogen and oxygen atoms in total. The van der Waals surface area contributed by atoms with Gasteiger partial charge in [-0.2, -0.15) is 0 Å². The molecular formula is C18H31ClN4O4S. The number of sulfonamides is 1. The second-order valence-electron chi connectivity index (χ2n) is 7.09. The van der Waals surface area contributed by atoms with E-state index in [0.717, 1.165) is 0 Å². The maximum atomic E-state index is 12.6. The van der Waals surface area contributed by atoms with Gasteiger partial charge in [0, 0.05) is 25.2 Å². The van der Waals surface area contributed by atoms with Gasteiger partial charge in [-0.3, -0.25) is 9.59 Å². The molecule has 1 unspecified atom stereocenters. The molecule has 0 radical (unpaired) electrons. The summed E-state index contributed by atoms with van der Waals surface area (Å²) >= 11 is 0. The van der Waals surface area contributed by atoms with E-state index in [1.807, 2.05) is 27.7 Å². The zero-order chi connectivity index (χ0) is 20.6. The minimum absolute atomic E-state index is 0. The summed E-state index contributed by atoms with van der Waals surface area (Å²) in [6, 6.07) is 5.21. The molecule has 10 heteroatoms. The summed E-state index contributed by atoms with van der Waals surface area (Å²) < 4.78 is 26.7. The third-order valence-electron chi connectivity index (χ3n) is 3.71. The van der Waals surface area contributed by atoms with Crippen molar-refractivity contribution in [3.05, 3.63) is 24.3 Å². The number of hydrogen-bond acceptors (Lipinski definition) is 5. The van der Waals surface area contributed by atoms with Crippen molar-refractivity contribution in [2.75, 3.05) is 18.4 Å². The highest BCUT2D eigenvalue weighted by Crippen LogP contribution is 2.16. The van der Waals surface area contributed by atoms with Gasteiger partial charge in [-0.1, -0.05) is 33.8 Å². The molecule has 1 aromatic rings. The molecule has 0 saturated heterocycles. The van der Waals surface area contributed by atoms with Crippen molar-refractivity contribution in [2.24, 2.45) is 17.6 Å². The van der Waals surface area contributed by atoms with Gasteiger partial charge in [0.05, 0.1) is 4.90 Å². The topological polar surface area (TPSA) is 130 Å². The van der Waals surface area contributed by atoms with E-state index in [4.69, 9.17) is 5.73 Å². The number of benzene rings is 1. The highest BCUT2D eigenvalue weighted by atomic mass is 35.5. The van der Waals surface area contributed by atoms with E-state index in [2.05, 4.69) is 15.4 Å². The summed E-state index contributed by atoms with van der Waals surface area (Å²) in [7, 11) is -3.70. The Hall–Kier alpha value is -1.68. The van der Waals surface area contributed by atoms with Crippen LogP contribution in [0.1, 0.15) is 34.1 Å². The Bertz CT molecular complexity index is 754. The number of halogens is 1. The summed E-state index contributed by atoms with van der Waals surface area (Å²) in [5.41, 5.74) is 5.66. The van der Waals surface area contributed by atoms with E-state index < -0.39 is 22.0 Å². The molecule has 2 amide bonds. The fourth-order valence-electron chi connectivity index (χ4n) is 2.38. The molecule has 5 N–H and O–H groups in total. The number of nitrogens with two attached hydrogens (primary N) is 1. The van der Waals surface area contributed by atoms with Crippen LogP contribution in [0.5, 0.6) is 0 Å². The first kappa shape index (κ1) is 26.3. The van der Waals surface area contributed by atoms with E-state index in [-0.39, 0.29) is 48.1 Å². The number of anilines is 1. The van der Waals surface area contributed by atoms with E-state index in [1.165, 1.54) is 18.2 Å². The molecule has 0 aromatic heterocycles. The van der Waals surface area contributed by atoms with Gasteiger partial charge in [0.25, 0.3) is 0 Å². The standard InChI is InChI=1S/C18H30N4O4S.ClH/c1-12(2)10-16(23)22-17(13(3)4)18(24)21-14-6-5-7-15(11-14)27(25,26)20-9-8-19;/h5-7,11-13,17,20H,8-10,19H2,1-4H3,(H,21,24)(H,22,23);1H. The maximum absolute atomic E-state index is 12.6. The summed E-state index contributed by atoms with van der Waals surface area (Å²) in [5, 5.41) is 5.43. The summed E-state index contributed by atoms with van der Waals surface area (Å²) in [5.74, 6) is -0.532. The molecule has 160 valence electrons. The van der Waals surface area contributed by atoms with Crippen molar-refractivity contribution >= 4 is 39.9 Å². The van der Waals surface area contributed by atoms with E-state index >= 15 is 0 Å². The Kier molecular flexibility index (Phi) is 11.3. The number of carbonyl (C=O) groups is 2. The lowest BCUT2D eigenvalue weighted by molar-refractivity contribution is -0.127. The molecule has 0 heterocycles. The van der Waals surface area contributed by atoms with Crippen molar-refractivity contribution in [3.8, 4) is 0 Å². The lowest BCUT2D eigenvalue weighted by Crippen LogP contribution is -2.47. The normalized spacial score (nSPS) is 12.4. The van der Waals surface area contributed by atoms with Crippen LogP contribution in [0.4, 0.5) is 5.69 Å². The van der Waals surface area contributed by atoms with Crippen LogP contribution in [-0.2, 0) is 19.6 Å². The average molecular weight is 435 g/mol. The first-order valence-corrected chi connectivity index (χ1v) is 10.4. The zero-order valence-electron chi connectivity index (χ0n) is 16.7. The second kappa shape index (κ2) is 12.0. The number of amides is 2. The molecule has 1 atom stereocenters. The first-order chi connectivity index (χ1) is 12.6. The molecule has 0 bridgehead atoms. The third-order valence-corrected chi connectivity index (χ3v) is 5.17. The Balaban J connectivity index is 0.00000729. The Morgan fingerprint density at radius 1 is 1.14 bits per heavy atom. The summed E-state index contributed by atoms with van der Waals surface area (Å²) in [4.78, 5) is 24.6. The molecule has 0 aliphatic carbocycles. The van der Waals surface area contributed by atoms with Crippen LogP contribution < -0.4 is 21.1 Å². The predicted octanol–water partition coefficient (Wildman–Crippen LogP) is 1.47.